The molecule has 3 rings (SSSR count). The quantitative estimate of drug-likeness (QED) is 0.878. The number of carbonyl (C=O) groups excluding carboxylic acids is 2. The second kappa shape index (κ2) is 6.36. The fourth-order valence-corrected chi connectivity index (χ4v) is 3.07. The lowest BCUT2D eigenvalue weighted by Gasteiger charge is -2.23. The number of nitrogens with one attached hydrogen (secondary N) is 2. The predicted molar refractivity (Wildman–Crippen MR) is 83.2 cm³/mol. The van der Waals surface area contributed by atoms with Crippen molar-refractivity contribution < 1.29 is 14.3 Å². The van der Waals surface area contributed by atoms with E-state index in [0.29, 0.717) is 29.6 Å². The molecule has 1 atom stereocenters. The van der Waals surface area contributed by atoms with Crippen LogP contribution in [-0.2, 0) is 4.79 Å². The second-order valence-electron chi connectivity index (χ2n) is 5.68. The van der Waals surface area contributed by atoms with Gasteiger partial charge in [-0.2, -0.15) is 0 Å². The van der Waals surface area contributed by atoms with Crippen LogP contribution in [0, 0.1) is 0 Å². The monoisotopic (exact) mass is 303 g/mol. The third-order valence-corrected chi connectivity index (χ3v) is 4.28. The van der Waals surface area contributed by atoms with Crippen molar-refractivity contribution in [3.05, 3.63) is 23.8 Å². The van der Waals surface area contributed by atoms with Crippen LogP contribution in [0.2, 0.25) is 0 Å². The van der Waals surface area contributed by atoms with E-state index in [4.69, 9.17) is 4.74 Å². The number of ether oxygens (including phenoxy) is 1. The van der Waals surface area contributed by atoms with Gasteiger partial charge >= 0.3 is 0 Å². The largest absolute Gasteiger partial charge is 0.482 e. The molecule has 0 spiro atoms. The molecule has 2 aliphatic heterocycles. The summed E-state index contributed by atoms with van der Waals surface area (Å²) in [5.41, 5.74) is 1.16. The number of hydrogen-bond donors (Lipinski definition) is 2. The molecule has 0 radical (unpaired) electrons. The number of nitrogens with zero attached hydrogens (tertiary/aromatic N) is 1. The fraction of sp³-hybridized carbons (Fsp3) is 0.500. The van der Waals surface area contributed by atoms with Crippen LogP contribution < -0.4 is 15.4 Å². The third kappa shape index (κ3) is 3.06. The lowest BCUT2D eigenvalue weighted by Crippen LogP contribution is -2.40. The van der Waals surface area contributed by atoms with Crippen molar-refractivity contribution >= 4 is 17.5 Å². The summed E-state index contributed by atoms with van der Waals surface area (Å²) in [5, 5.41) is 5.71. The van der Waals surface area contributed by atoms with Crippen LogP contribution in [0.25, 0.3) is 0 Å². The van der Waals surface area contributed by atoms with E-state index < -0.39 is 0 Å². The second-order valence-corrected chi connectivity index (χ2v) is 5.68. The fourth-order valence-electron chi connectivity index (χ4n) is 3.07. The molecule has 22 heavy (non-hydrogen) atoms. The molecule has 118 valence electrons. The van der Waals surface area contributed by atoms with Gasteiger partial charge in [-0.25, -0.2) is 0 Å². The first-order valence-electron chi connectivity index (χ1n) is 7.76. The highest BCUT2D eigenvalue weighted by Gasteiger charge is 2.24. The van der Waals surface area contributed by atoms with Gasteiger partial charge < -0.3 is 15.4 Å². The summed E-state index contributed by atoms with van der Waals surface area (Å²) in [6, 6.07) is 5.52. The van der Waals surface area contributed by atoms with Gasteiger partial charge in [0.05, 0.1) is 5.69 Å². The van der Waals surface area contributed by atoms with Gasteiger partial charge in [-0.1, -0.05) is 6.92 Å². The van der Waals surface area contributed by atoms with Gasteiger partial charge in [0.1, 0.15) is 5.75 Å². The summed E-state index contributed by atoms with van der Waals surface area (Å²) in [6.45, 7) is 4.94. The Hall–Kier alpha value is -2.08. The minimum absolute atomic E-state index is 0.00833. The Morgan fingerprint density at radius 1 is 1.50 bits per heavy atom. The number of carbonyl (C=O) groups is 2. The molecule has 0 bridgehead atoms. The van der Waals surface area contributed by atoms with Crippen LogP contribution in [-0.4, -0.2) is 49.0 Å². The highest BCUT2D eigenvalue weighted by atomic mass is 16.5. The first kappa shape index (κ1) is 14.8. The molecule has 0 saturated carbocycles. The van der Waals surface area contributed by atoms with Crippen LogP contribution in [0.1, 0.15) is 30.1 Å². The zero-order valence-electron chi connectivity index (χ0n) is 12.7. The van der Waals surface area contributed by atoms with Crippen molar-refractivity contribution in [2.24, 2.45) is 0 Å². The van der Waals surface area contributed by atoms with Crippen LogP contribution in [0.5, 0.6) is 5.75 Å². The molecule has 0 aliphatic carbocycles. The van der Waals surface area contributed by atoms with E-state index in [2.05, 4.69) is 22.5 Å². The Morgan fingerprint density at radius 2 is 2.36 bits per heavy atom. The van der Waals surface area contributed by atoms with E-state index in [9.17, 15) is 9.59 Å². The van der Waals surface area contributed by atoms with E-state index in [0.717, 1.165) is 19.5 Å². The van der Waals surface area contributed by atoms with Crippen LogP contribution in [0.15, 0.2) is 18.2 Å². The Kier molecular flexibility index (Phi) is 4.29. The molecule has 2 heterocycles. The van der Waals surface area contributed by atoms with Crippen molar-refractivity contribution in [2.45, 2.75) is 25.8 Å². The summed E-state index contributed by atoms with van der Waals surface area (Å²) in [7, 11) is 0. The number of likely N-dealkylation sites (tertiary alicyclic amines) is 1. The summed E-state index contributed by atoms with van der Waals surface area (Å²) >= 11 is 0. The Labute approximate surface area is 129 Å². The summed E-state index contributed by atoms with van der Waals surface area (Å²) in [4.78, 5) is 25.9. The third-order valence-electron chi connectivity index (χ3n) is 4.28. The number of amides is 2. The molecule has 1 fully saturated rings. The van der Waals surface area contributed by atoms with Crippen molar-refractivity contribution in [1.29, 1.82) is 0 Å². The average molecular weight is 303 g/mol. The van der Waals surface area contributed by atoms with E-state index in [1.807, 2.05) is 0 Å². The van der Waals surface area contributed by atoms with Gasteiger partial charge in [0.25, 0.3) is 11.8 Å². The lowest BCUT2D eigenvalue weighted by atomic mass is 10.1. The number of hydrogen-bond acceptors (Lipinski definition) is 4. The summed E-state index contributed by atoms with van der Waals surface area (Å²) in [6.07, 6.45) is 2.33. The van der Waals surface area contributed by atoms with E-state index in [1.54, 1.807) is 18.2 Å². The van der Waals surface area contributed by atoms with Gasteiger partial charge in [-0.05, 0) is 44.1 Å². The standard InChI is InChI=1S/C16H21N3O3/c1-2-19-7-3-4-12(19)9-17-16(21)11-5-6-13-14(8-11)22-10-15(20)18-13/h5-6,8,12H,2-4,7,9-10H2,1H3,(H,17,21)(H,18,20). The highest BCUT2D eigenvalue weighted by molar-refractivity contribution is 5.98. The predicted octanol–water partition coefficient (Wildman–Crippen LogP) is 1.23. The van der Waals surface area contributed by atoms with Crippen molar-refractivity contribution in [3.8, 4) is 5.75 Å². The van der Waals surface area contributed by atoms with Crippen molar-refractivity contribution in [1.82, 2.24) is 10.2 Å². The summed E-state index contributed by atoms with van der Waals surface area (Å²) in [5.74, 6) is 0.264. The molecule has 1 saturated heterocycles. The number of likely N-dealkylation sites (N-methyl/N-ethyl adjacent to an activating group) is 1. The van der Waals surface area contributed by atoms with Gasteiger partial charge in [-0.15, -0.1) is 0 Å². The first-order chi connectivity index (χ1) is 10.7. The topological polar surface area (TPSA) is 70.7 Å². The molecule has 2 aliphatic rings. The SMILES string of the molecule is CCN1CCCC1CNC(=O)c1ccc2c(c1)OCC(=O)N2. The molecule has 1 aromatic carbocycles. The number of benzene rings is 1. The number of fused-ring (bicyclic) bond motifs is 1. The molecule has 2 amide bonds. The van der Waals surface area contributed by atoms with Crippen LogP contribution in [0.3, 0.4) is 0 Å². The minimum atomic E-state index is -0.175. The molecule has 1 aromatic rings. The number of anilines is 1. The van der Waals surface area contributed by atoms with Crippen molar-refractivity contribution in [2.75, 3.05) is 31.6 Å². The van der Waals surface area contributed by atoms with E-state index >= 15 is 0 Å². The summed E-state index contributed by atoms with van der Waals surface area (Å²) < 4.78 is 5.34. The molecule has 6 heteroatoms. The lowest BCUT2D eigenvalue weighted by molar-refractivity contribution is -0.118. The maximum absolute atomic E-state index is 12.3. The number of rotatable bonds is 4. The highest BCUT2D eigenvalue weighted by Crippen LogP contribution is 2.28. The average Bonchev–Trinajstić information content (AvgIpc) is 2.99. The van der Waals surface area contributed by atoms with E-state index in [-0.39, 0.29) is 18.4 Å². The molecule has 2 N–H and O–H groups in total. The molecular formula is C16H21N3O3. The Balaban J connectivity index is 1.62. The zero-order valence-corrected chi connectivity index (χ0v) is 12.7. The zero-order chi connectivity index (χ0) is 15.5. The normalized spacial score (nSPS) is 21.0. The smallest absolute Gasteiger partial charge is 0.262 e. The molecule has 1 unspecified atom stereocenters. The van der Waals surface area contributed by atoms with Gasteiger partial charge in [-0.3, -0.25) is 14.5 Å². The first-order valence-corrected chi connectivity index (χ1v) is 7.76. The maximum Gasteiger partial charge on any atom is 0.262 e. The Morgan fingerprint density at radius 3 is 3.18 bits per heavy atom. The molecule has 0 aromatic heterocycles. The molecular weight excluding hydrogens is 282 g/mol. The van der Waals surface area contributed by atoms with Crippen LogP contribution in [0.4, 0.5) is 5.69 Å². The Bertz CT molecular complexity index is 588. The minimum Gasteiger partial charge on any atom is -0.482 e. The van der Waals surface area contributed by atoms with Gasteiger partial charge in [0.15, 0.2) is 6.61 Å². The maximum atomic E-state index is 12.3. The van der Waals surface area contributed by atoms with Crippen molar-refractivity contribution in [3.63, 3.8) is 0 Å². The van der Waals surface area contributed by atoms with Gasteiger partial charge in [0, 0.05) is 18.2 Å². The van der Waals surface area contributed by atoms with E-state index in [1.165, 1.54) is 6.42 Å². The molecule has 6 nitrogen and oxygen atoms in total. The van der Waals surface area contributed by atoms with Crippen LogP contribution >= 0.6 is 0 Å². The van der Waals surface area contributed by atoms with Gasteiger partial charge in [0.2, 0.25) is 0 Å².